The van der Waals surface area contributed by atoms with E-state index >= 15 is 0 Å². The zero-order chi connectivity index (χ0) is 29.7. The number of carbonyl (C=O) groups excluding carboxylic acids is 3. The first-order valence-electron chi connectivity index (χ1n) is 11.8. The van der Waals surface area contributed by atoms with Gasteiger partial charge in [-0.25, -0.2) is 14.0 Å². The molecule has 0 radical (unpaired) electrons. The number of aliphatic hydroxyl groups excluding tert-OH is 1. The Morgan fingerprint density at radius 2 is 1.50 bits per heavy atom. The van der Waals surface area contributed by atoms with E-state index < -0.39 is 35.9 Å². The van der Waals surface area contributed by atoms with Crippen molar-refractivity contribution >= 4 is 29.4 Å². The molecular formula is C24H37F4N3O7. The predicted octanol–water partition coefficient (Wildman–Crippen LogP) is 2.92. The molecule has 1 aromatic carbocycles. The number of esters is 1. The summed E-state index contributed by atoms with van der Waals surface area (Å²) in [4.78, 5) is 43.2. The quantitative estimate of drug-likeness (QED) is 0.253. The Bertz CT molecular complexity index is 852. The summed E-state index contributed by atoms with van der Waals surface area (Å²) in [5.41, 5.74) is 5.62. The minimum atomic E-state index is -5.08. The van der Waals surface area contributed by atoms with Gasteiger partial charge in [0.1, 0.15) is 11.9 Å². The van der Waals surface area contributed by atoms with Crippen molar-refractivity contribution in [3.05, 3.63) is 29.6 Å². The molecule has 1 aromatic rings. The number of aliphatic carboxylic acids is 1. The van der Waals surface area contributed by atoms with Crippen molar-refractivity contribution in [2.45, 2.75) is 70.5 Å². The SMILES string of the molecule is C1CCCCC1.CCC(=O)NC(Cc1ccc(NC(=O)CN)c(F)c1)C(=O)OC.CO.O=C(O)C(F)(F)F. The maximum atomic E-state index is 13.9. The van der Waals surface area contributed by atoms with Crippen molar-refractivity contribution in [2.24, 2.45) is 5.73 Å². The van der Waals surface area contributed by atoms with Crippen LogP contribution in [-0.4, -0.2) is 66.9 Å². The molecule has 2 amide bonds. The maximum absolute atomic E-state index is 13.9. The Morgan fingerprint density at radius 1 is 1.03 bits per heavy atom. The number of ether oxygens (including phenoxy) is 1. The van der Waals surface area contributed by atoms with Gasteiger partial charge in [-0.05, 0) is 17.7 Å². The zero-order valence-electron chi connectivity index (χ0n) is 21.7. The number of nitrogens with two attached hydrogens (primary N) is 1. The van der Waals surface area contributed by atoms with Crippen LogP contribution in [0.5, 0.6) is 0 Å². The van der Waals surface area contributed by atoms with Gasteiger partial charge in [0.25, 0.3) is 0 Å². The standard InChI is InChI=1S/C15H20FN3O4.C6H12.C2HF3O2.CH4O/c1-3-13(20)19-12(15(22)23-2)7-9-4-5-11(10(16)6-9)18-14(21)8-17;1-2-4-6-5-3-1;3-2(4,5)1(6)7;1-2/h4-6,12H,3,7-8,17H2,1-2H3,(H,18,21)(H,19,20);1-6H2;(H,6,7);2H,1H3. The van der Waals surface area contributed by atoms with Crippen molar-refractivity contribution in [1.29, 1.82) is 0 Å². The number of alkyl halides is 3. The first kappa shape index (κ1) is 36.9. The Labute approximate surface area is 218 Å². The number of halogens is 4. The van der Waals surface area contributed by atoms with Crippen LogP contribution in [0, 0.1) is 5.82 Å². The fourth-order valence-electron chi connectivity index (χ4n) is 2.92. The van der Waals surface area contributed by atoms with Crippen LogP contribution in [0.1, 0.15) is 57.4 Å². The molecule has 0 heterocycles. The molecule has 1 fully saturated rings. The van der Waals surface area contributed by atoms with Gasteiger partial charge in [-0.1, -0.05) is 51.5 Å². The second kappa shape index (κ2) is 20.8. The number of hydrogen-bond acceptors (Lipinski definition) is 7. The van der Waals surface area contributed by atoms with Crippen LogP contribution in [0.25, 0.3) is 0 Å². The van der Waals surface area contributed by atoms with Crippen molar-refractivity contribution in [2.75, 3.05) is 26.1 Å². The molecule has 0 bridgehead atoms. The van der Waals surface area contributed by atoms with E-state index in [4.69, 9.17) is 20.7 Å². The van der Waals surface area contributed by atoms with Gasteiger partial charge in [-0.15, -0.1) is 0 Å². The van der Waals surface area contributed by atoms with E-state index in [1.54, 1.807) is 13.0 Å². The maximum Gasteiger partial charge on any atom is 0.490 e. The Balaban J connectivity index is 0. The molecule has 1 aliphatic carbocycles. The summed E-state index contributed by atoms with van der Waals surface area (Å²) in [7, 11) is 2.21. The molecule has 1 atom stereocenters. The highest BCUT2D eigenvalue weighted by atomic mass is 19.4. The first-order chi connectivity index (χ1) is 17.8. The lowest BCUT2D eigenvalue weighted by atomic mass is 10.0. The van der Waals surface area contributed by atoms with Gasteiger partial charge in [-0.3, -0.25) is 9.59 Å². The van der Waals surface area contributed by atoms with Crippen molar-refractivity contribution < 1.29 is 51.7 Å². The van der Waals surface area contributed by atoms with Gasteiger partial charge >= 0.3 is 18.1 Å². The van der Waals surface area contributed by atoms with Crippen LogP contribution in [0.3, 0.4) is 0 Å². The summed E-state index contributed by atoms with van der Waals surface area (Å²) in [6, 6.07) is 3.19. The third-order valence-electron chi connectivity index (χ3n) is 4.82. The number of aliphatic hydroxyl groups is 1. The summed E-state index contributed by atoms with van der Waals surface area (Å²) in [6.07, 6.45) is 4.20. The number of carbonyl (C=O) groups is 4. The molecule has 1 saturated carbocycles. The Kier molecular flexibility index (Phi) is 20.2. The molecule has 38 heavy (non-hydrogen) atoms. The number of methoxy groups -OCH3 is 1. The first-order valence-corrected chi connectivity index (χ1v) is 11.8. The monoisotopic (exact) mass is 555 g/mol. The summed E-state index contributed by atoms with van der Waals surface area (Å²) in [5.74, 6) is -4.86. The van der Waals surface area contributed by atoms with Gasteiger partial charge in [0.15, 0.2) is 0 Å². The Morgan fingerprint density at radius 3 is 1.84 bits per heavy atom. The van der Waals surface area contributed by atoms with Crippen molar-refractivity contribution in [1.82, 2.24) is 5.32 Å². The van der Waals surface area contributed by atoms with Crippen LogP contribution < -0.4 is 16.4 Å². The van der Waals surface area contributed by atoms with Gasteiger partial charge in [-0.2, -0.15) is 13.2 Å². The van der Waals surface area contributed by atoms with Gasteiger partial charge < -0.3 is 31.3 Å². The number of nitrogens with one attached hydrogen (secondary N) is 2. The fraction of sp³-hybridized carbons (Fsp3) is 0.583. The van der Waals surface area contributed by atoms with E-state index in [-0.39, 0.29) is 31.0 Å². The number of benzene rings is 1. The van der Waals surface area contributed by atoms with E-state index in [0.29, 0.717) is 5.56 Å². The minimum Gasteiger partial charge on any atom is -0.475 e. The highest BCUT2D eigenvalue weighted by Gasteiger charge is 2.38. The number of hydrogen-bond donors (Lipinski definition) is 5. The number of anilines is 1. The third kappa shape index (κ3) is 17.2. The second-order valence-electron chi connectivity index (χ2n) is 7.69. The van der Waals surface area contributed by atoms with E-state index in [1.807, 2.05) is 0 Å². The summed E-state index contributed by atoms with van der Waals surface area (Å²) < 4.78 is 50.3. The summed E-state index contributed by atoms with van der Waals surface area (Å²) >= 11 is 0. The van der Waals surface area contributed by atoms with E-state index in [2.05, 4.69) is 15.4 Å². The predicted molar refractivity (Wildman–Crippen MR) is 132 cm³/mol. The molecular weight excluding hydrogens is 518 g/mol. The molecule has 0 spiro atoms. The molecule has 2 rings (SSSR count). The molecule has 1 aliphatic rings. The molecule has 10 nitrogen and oxygen atoms in total. The average molecular weight is 556 g/mol. The van der Waals surface area contributed by atoms with Crippen molar-refractivity contribution in [3.8, 4) is 0 Å². The Hall–Kier alpha value is -3.26. The van der Waals surface area contributed by atoms with Gasteiger partial charge in [0, 0.05) is 20.0 Å². The lowest BCUT2D eigenvalue weighted by molar-refractivity contribution is -0.192. The molecule has 1 unspecified atom stereocenters. The molecule has 218 valence electrons. The van der Waals surface area contributed by atoms with Crippen LogP contribution in [0.15, 0.2) is 18.2 Å². The number of rotatable bonds is 7. The molecule has 0 saturated heterocycles. The zero-order valence-corrected chi connectivity index (χ0v) is 21.7. The lowest BCUT2D eigenvalue weighted by Gasteiger charge is -2.16. The van der Waals surface area contributed by atoms with Gasteiger partial charge in [0.05, 0.1) is 19.3 Å². The molecule has 0 aromatic heterocycles. The van der Waals surface area contributed by atoms with Crippen molar-refractivity contribution in [3.63, 3.8) is 0 Å². The lowest BCUT2D eigenvalue weighted by Crippen LogP contribution is -2.42. The fourth-order valence-corrected chi connectivity index (χ4v) is 2.92. The summed E-state index contributed by atoms with van der Waals surface area (Å²) in [5, 5.41) is 19.0. The van der Waals surface area contributed by atoms with Crippen LogP contribution >= 0.6 is 0 Å². The number of carboxylic acids is 1. The summed E-state index contributed by atoms with van der Waals surface area (Å²) in [6.45, 7) is 1.40. The van der Waals surface area contributed by atoms with Crippen LogP contribution in [0.2, 0.25) is 0 Å². The number of amides is 2. The average Bonchev–Trinajstić information content (AvgIpc) is 2.91. The topological polar surface area (TPSA) is 168 Å². The second-order valence-corrected chi connectivity index (χ2v) is 7.69. The van der Waals surface area contributed by atoms with E-state index in [1.165, 1.54) is 57.8 Å². The smallest absolute Gasteiger partial charge is 0.475 e. The highest BCUT2D eigenvalue weighted by molar-refractivity contribution is 5.92. The number of carboxylic acid groups (broad SMARTS) is 1. The minimum absolute atomic E-state index is 0.00332. The van der Waals surface area contributed by atoms with Gasteiger partial charge in [0.2, 0.25) is 11.8 Å². The van der Waals surface area contributed by atoms with E-state index in [0.717, 1.165) is 7.11 Å². The third-order valence-corrected chi connectivity index (χ3v) is 4.82. The largest absolute Gasteiger partial charge is 0.490 e. The highest BCUT2D eigenvalue weighted by Crippen LogP contribution is 2.17. The van der Waals surface area contributed by atoms with Crippen LogP contribution in [-0.2, 0) is 30.3 Å². The van der Waals surface area contributed by atoms with E-state index in [9.17, 15) is 31.9 Å². The normalized spacial score (nSPS) is 13.0. The molecule has 14 heteroatoms. The van der Waals surface area contributed by atoms with Crippen LogP contribution in [0.4, 0.5) is 23.2 Å². The molecule has 6 N–H and O–H groups in total. The molecule has 0 aliphatic heterocycles.